The predicted molar refractivity (Wildman–Crippen MR) is 65.4 cm³/mol. The highest BCUT2D eigenvalue weighted by atomic mass is 79.9. The molecule has 1 unspecified atom stereocenters. The van der Waals surface area contributed by atoms with Crippen LogP contribution in [0.1, 0.15) is 29.9 Å². The second-order valence-electron chi connectivity index (χ2n) is 4.01. The van der Waals surface area contributed by atoms with Crippen LogP contribution in [0.15, 0.2) is 16.6 Å². The zero-order valence-electron chi connectivity index (χ0n) is 8.92. The summed E-state index contributed by atoms with van der Waals surface area (Å²) in [5, 5.41) is 0. The number of aryl methyl sites for hydroxylation is 1. The van der Waals surface area contributed by atoms with Crippen LogP contribution in [0.2, 0.25) is 0 Å². The Kier molecular flexibility index (Phi) is 3.32. The minimum atomic E-state index is 0.524. The van der Waals surface area contributed by atoms with Crippen molar-refractivity contribution in [2.24, 2.45) is 5.73 Å². The van der Waals surface area contributed by atoms with E-state index in [0.29, 0.717) is 5.92 Å². The lowest BCUT2D eigenvalue weighted by Crippen LogP contribution is -2.18. The third-order valence-electron chi connectivity index (χ3n) is 3.14. The zero-order valence-corrected chi connectivity index (χ0v) is 10.5. The summed E-state index contributed by atoms with van der Waals surface area (Å²) in [5.41, 5.74) is 8.59. The molecule has 0 radical (unpaired) electrons. The van der Waals surface area contributed by atoms with Crippen molar-refractivity contribution >= 4 is 15.9 Å². The van der Waals surface area contributed by atoms with Crippen LogP contribution < -0.4 is 10.5 Å². The van der Waals surface area contributed by atoms with E-state index in [2.05, 4.69) is 28.1 Å². The van der Waals surface area contributed by atoms with Gasteiger partial charge in [-0.05, 0) is 70.9 Å². The third-order valence-corrected chi connectivity index (χ3v) is 3.76. The molecule has 0 saturated heterocycles. The maximum atomic E-state index is 5.79. The summed E-state index contributed by atoms with van der Waals surface area (Å²) < 4.78 is 6.33. The Balaban J connectivity index is 2.45. The summed E-state index contributed by atoms with van der Waals surface area (Å²) in [6, 6.07) is 4.31. The molecule has 1 aliphatic rings. The van der Waals surface area contributed by atoms with Gasteiger partial charge in [-0.1, -0.05) is 0 Å². The molecule has 2 nitrogen and oxygen atoms in total. The second kappa shape index (κ2) is 4.54. The molecule has 0 bridgehead atoms. The number of nitrogens with two attached hydrogens (primary N) is 1. The van der Waals surface area contributed by atoms with Gasteiger partial charge in [0.25, 0.3) is 0 Å². The Hall–Kier alpha value is -0.540. The van der Waals surface area contributed by atoms with E-state index in [1.807, 2.05) is 0 Å². The van der Waals surface area contributed by atoms with E-state index in [1.165, 1.54) is 24.0 Å². The number of ether oxygens (including phenoxy) is 1. The molecule has 0 aromatic heterocycles. The van der Waals surface area contributed by atoms with E-state index in [-0.39, 0.29) is 0 Å². The van der Waals surface area contributed by atoms with Crippen LogP contribution in [0.3, 0.4) is 0 Å². The van der Waals surface area contributed by atoms with Gasteiger partial charge in [-0.25, -0.2) is 0 Å². The first-order valence-corrected chi connectivity index (χ1v) is 6.12. The molecule has 1 atom stereocenters. The normalized spacial score (nSPS) is 19.8. The van der Waals surface area contributed by atoms with Gasteiger partial charge in [0.1, 0.15) is 5.75 Å². The lowest BCUT2D eigenvalue weighted by Gasteiger charge is -2.25. The van der Waals surface area contributed by atoms with Gasteiger partial charge in [0, 0.05) is 0 Å². The smallest absolute Gasteiger partial charge is 0.133 e. The number of rotatable bonds is 2. The Morgan fingerprint density at radius 2 is 2.33 bits per heavy atom. The predicted octanol–water partition coefficient (Wildman–Crippen LogP) is 2.84. The fourth-order valence-electron chi connectivity index (χ4n) is 2.30. The molecule has 0 fully saturated rings. The van der Waals surface area contributed by atoms with Crippen LogP contribution in [0.25, 0.3) is 0 Å². The van der Waals surface area contributed by atoms with Crippen LogP contribution in [-0.2, 0) is 6.42 Å². The molecule has 0 amide bonds. The van der Waals surface area contributed by atoms with Gasteiger partial charge in [0.2, 0.25) is 0 Å². The maximum absolute atomic E-state index is 5.79. The summed E-state index contributed by atoms with van der Waals surface area (Å²) >= 11 is 3.53. The van der Waals surface area contributed by atoms with E-state index < -0.39 is 0 Å². The minimum absolute atomic E-state index is 0.524. The molecule has 0 spiro atoms. The fourth-order valence-corrected chi connectivity index (χ4v) is 2.83. The molecular formula is C12H16BrNO. The highest BCUT2D eigenvalue weighted by Gasteiger charge is 2.20. The van der Waals surface area contributed by atoms with E-state index in [0.717, 1.165) is 23.2 Å². The van der Waals surface area contributed by atoms with E-state index in [1.54, 1.807) is 7.11 Å². The van der Waals surface area contributed by atoms with Gasteiger partial charge in [0.05, 0.1) is 11.6 Å². The Morgan fingerprint density at radius 3 is 3.00 bits per heavy atom. The third kappa shape index (κ3) is 2.04. The summed E-state index contributed by atoms with van der Waals surface area (Å²) in [6.07, 6.45) is 3.59. The van der Waals surface area contributed by atoms with E-state index in [9.17, 15) is 0 Å². The molecule has 82 valence electrons. The van der Waals surface area contributed by atoms with Gasteiger partial charge in [-0.2, -0.15) is 0 Å². The minimum Gasteiger partial charge on any atom is -0.496 e. The van der Waals surface area contributed by atoms with Gasteiger partial charge in [-0.3, -0.25) is 0 Å². The topological polar surface area (TPSA) is 35.2 Å². The standard InChI is InChI=1S/C12H16BrNO/c1-15-12-5-8-3-2-4-9(7-14)10(8)6-11(12)13/h5-6,9H,2-4,7,14H2,1H3. The second-order valence-corrected chi connectivity index (χ2v) is 4.86. The number of hydrogen-bond donors (Lipinski definition) is 1. The van der Waals surface area contributed by atoms with Gasteiger partial charge >= 0.3 is 0 Å². The highest BCUT2D eigenvalue weighted by Crippen LogP contribution is 2.37. The van der Waals surface area contributed by atoms with Crippen molar-refractivity contribution in [1.29, 1.82) is 0 Å². The molecular weight excluding hydrogens is 254 g/mol. The molecule has 1 aromatic carbocycles. The quantitative estimate of drug-likeness (QED) is 0.896. The van der Waals surface area contributed by atoms with Crippen molar-refractivity contribution in [2.75, 3.05) is 13.7 Å². The van der Waals surface area contributed by atoms with Crippen LogP contribution in [0.4, 0.5) is 0 Å². The van der Waals surface area contributed by atoms with E-state index >= 15 is 0 Å². The Morgan fingerprint density at radius 1 is 1.53 bits per heavy atom. The molecule has 0 aliphatic heterocycles. The summed E-state index contributed by atoms with van der Waals surface area (Å²) in [4.78, 5) is 0. The molecule has 0 heterocycles. The number of fused-ring (bicyclic) bond motifs is 1. The van der Waals surface area contributed by atoms with Crippen LogP contribution in [-0.4, -0.2) is 13.7 Å². The van der Waals surface area contributed by atoms with Crippen LogP contribution in [0, 0.1) is 0 Å². The fraction of sp³-hybridized carbons (Fsp3) is 0.500. The van der Waals surface area contributed by atoms with Crippen molar-refractivity contribution in [2.45, 2.75) is 25.2 Å². The zero-order chi connectivity index (χ0) is 10.8. The molecule has 2 N–H and O–H groups in total. The monoisotopic (exact) mass is 269 g/mol. The molecule has 1 aliphatic carbocycles. The molecule has 0 saturated carbocycles. The Bertz CT molecular complexity index is 365. The lowest BCUT2D eigenvalue weighted by molar-refractivity contribution is 0.410. The average molecular weight is 270 g/mol. The molecule has 2 rings (SSSR count). The van der Waals surface area contributed by atoms with Crippen molar-refractivity contribution < 1.29 is 4.74 Å². The van der Waals surface area contributed by atoms with Crippen molar-refractivity contribution in [3.63, 3.8) is 0 Å². The molecule has 1 aromatic rings. The van der Waals surface area contributed by atoms with Crippen molar-refractivity contribution in [3.8, 4) is 5.75 Å². The number of hydrogen-bond acceptors (Lipinski definition) is 2. The largest absolute Gasteiger partial charge is 0.496 e. The highest BCUT2D eigenvalue weighted by molar-refractivity contribution is 9.10. The summed E-state index contributed by atoms with van der Waals surface area (Å²) in [5.74, 6) is 1.45. The summed E-state index contributed by atoms with van der Waals surface area (Å²) in [6.45, 7) is 0.742. The SMILES string of the molecule is COc1cc2c(cc1Br)C(CN)CCC2. The van der Waals surface area contributed by atoms with Gasteiger partial charge < -0.3 is 10.5 Å². The first kappa shape index (κ1) is 11.0. The van der Waals surface area contributed by atoms with Crippen molar-refractivity contribution in [1.82, 2.24) is 0 Å². The van der Waals surface area contributed by atoms with Crippen molar-refractivity contribution in [3.05, 3.63) is 27.7 Å². The maximum Gasteiger partial charge on any atom is 0.133 e. The van der Waals surface area contributed by atoms with Gasteiger partial charge in [-0.15, -0.1) is 0 Å². The summed E-state index contributed by atoms with van der Waals surface area (Å²) in [7, 11) is 1.70. The lowest BCUT2D eigenvalue weighted by atomic mass is 9.83. The van der Waals surface area contributed by atoms with Crippen LogP contribution >= 0.6 is 15.9 Å². The molecule has 15 heavy (non-hydrogen) atoms. The van der Waals surface area contributed by atoms with Gasteiger partial charge in [0.15, 0.2) is 0 Å². The first-order chi connectivity index (χ1) is 7.26. The molecule has 3 heteroatoms. The average Bonchev–Trinajstić information content (AvgIpc) is 2.27. The van der Waals surface area contributed by atoms with Crippen LogP contribution in [0.5, 0.6) is 5.75 Å². The van der Waals surface area contributed by atoms with E-state index in [4.69, 9.17) is 10.5 Å². The Labute approximate surface area is 98.9 Å². The number of benzene rings is 1. The number of halogens is 1. The number of methoxy groups -OCH3 is 1. The first-order valence-electron chi connectivity index (χ1n) is 5.32.